The molecule has 2 N–H and O–H groups in total. The number of rotatable bonds is 6. The number of hydrogen-bond acceptors (Lipinski definition) is 7. The van der Waals surface area contributed by atoms with Gasteiger partial charge in [0.15, 0.2) is 0 Å². The fraction of sp³-hybridized carbons (Fsp3) is 0.562. The van der Waals surface area contributed by atoms with Gasteiger partial charge in [-0.2, -0.15) is 0 Å². The monoisotopic (exact) mass is 333 g/mol. The number of thiazole rings is 1. The SMILES string of the molecule is CCC(Nc1cc(N2CCCC2CO)ncn1)c1nc(C)cs1. The number of hydrogen-bond donors (Lipinski definition) is 2. The summed E-state index contributed by atoms with van der Waals surface area (Å²) < 4.78 is 0. The molecule has 2 atom stereocenters. The lowest BCUT2D eigenvalue weighted by Crippen LogP contribution is -2.32. The minimum absolute atomic E-state index is 0.156. The standard InChI is InChI=1S/C16H23N5OS/c1-3-13(16-19-11(2)9-23-16)20-14-7-15(18-10-17-14)21-6-4-5-12(21)8-22/h7,9-10,12-13,22H,3-6,8H2,1-2H3,(H,17,18,20). The molecule has 0 amide bonds. The average Bonchev–Trinajstić information content (AvgIpc) is 3.21. The molecule has 1 saturated heterocycles. The zero-order chi connectivity index (χ0) is 16.2. The molecule has 7 heteroatoms. The quantitative estimate of drug-likeness (QED) is 0.847. The van der Waals surface area contributed by atoms with Crippen LogP contribution in [0.2, 0.25) is 0 Å². The van der Waals surface area contributed by atoms with Gasteiger partial charge in [-0.3, -0.25) is 0 Å². The van der Waals surface area contributed by atoms with E-state index < -0.39 is 0 Å². The minimum Gasteiger partial charge on any atom is -0.394 e. The van der Waals surface area contributed by atoms with Crippen LogP contribution in [0, 0.1) is 6.92 Å². The van der Waals surface area contributed by atoms with Gasteiger partial charge in [-0.15, -0.1) is 11.3 Å². The van der Waals surface area contributed by atoms with E-state index in [4.69, 9.17) is 0 Å². The van der Waals surface area contributed by atoms with Crippen LogP contribution in [0.1, 0.15) is 42.9 Å². The van der Waals surface area contributed by atoms with Crippen LogP contribution in [0.15, 0.2) is 17.8 Å². The van der Waals surface area contributed by atoms with Crippen LogP contribution < -0.4 is 10.2 Å². The van der Waals surface area contributed by atoms with Gasteiger partial charge in [-0.05, 0) is 26.2 Å². The van der Waals surface area contributed by atoms with Crippen molar-refractivity contribution in [2.24, 2.45) is 0 Å². The molecule has 3 rings (SSSR count). The fourth-order valence-corrected chi connectivity index (χ4v) is 3.89. The number of aromatic nitrogens is 3. The predicted octanol–water partition coefficient (Wildman–Crippen LogP) is 2.77. The first kappa shape index (κ1) is 16.1. The fourth-order valence-electron chi connectivity index (χ4n) is 2.96. The molecule has 0 radical (unpaired) electrons. The summed E-state index contributed by atoms with van der Waals surface area (Å²) in [4.78, 5) is 15.5. The Morgan fingerprint density at radius 3 is 3.04 bits per heavy atom. The Hall–Kier alpha value is -1.73. The van der Waals surface area contributed by atoms with Crippen LogP contribution in [-0.2, 0) is 0 Å². The summed E-state index contributed by atoms with van der Waals surface area (Å²) in [6.07, 6.45) is 4.63. The second-order valence-electron chi connectivity index (χ2n) is 5.87. The van der Waals surface area contributed by atoms with Crippen LogP contribution in [0.5, 0.6) is 0 Å². The third-order valence-corrected chi connectivity index (χ3v) is 5.28. The van der Waals surface area contributed by atoms with Crippen molar-refractivity contribution in [3.8, 4) is 0 Å². The van der Waals surface area contributed by atoms with Gasteiger partial charge < -0.3 is 15.3 Å². The van der Waals surface area contributed by atoms with E-state index in [1.807, 2.05) is 13.0 Å². The second kappa shape index (κ2) is 7.23. The Labute approximate surface area is 140 Å². The van der Waals surface area contributed by atoms with E-state index in [1.165, 1.54) is 0 Å². The zero-order valence-corrected chi connectivity index (χ0v) is 14.4. The summed E-state index contributed by atoms with van der Waals surface area (Å²) in [5.41, 5.74) is 1.05. The van der Waals surface area contributed by atoms with Gasteiger partial charge in [0.2, 0.25) is 0 Å². The number of aliphatic hydroxyl groups is 1. The Balaban J connectivity index is 1.76. The number of nitrogens with one attached hydrogen (secondary N) is 1. The molecule has 23 heavy (non-hydrogen) atoms. The van der Waals surface area contributed by atoms with Crippen molar-refractivity contribution >= 4 is 23.0 Å². The third kappa shape index (κ3) is 3.61. The summed E-state index contributed by atoms with van der Waals surface area (Å²) >= 11 is 1.67. The smallest absolute Gasteiger partial charge is 0.134 e. The maximum absolute atomic E-state index is 9.49. The van der Waals surface area contributed by atoms with Crippen molar-refractivity contribution in [1.29, 1.82) is 0 Å². The normalized spacial score (nSPS) is 19.1. The number of anilines is 2. The molecule has 3 heterocycles. The van der Waals surface area contributed by atoms with Crippen molar-refractivity contribution in [3.63, 3.8) is 0 Å². The van der Waals surface area contributed by atoms with Crippen molar-refractivity contribution in [2.75, 3.05) is 23.4 Å². The number of nitrogens with zero attached hydrogens (tertiary/aromatic N) is 4. The lowest BCUT2D eigenvalue weighted by Gasteiger charge is -2.24. The summed E-state index contributed by atoms with van der Waals surface area (Å²) in [6.45, 7) is 5.25. The highest BCUT2D eigenvalue weighted by Gasteiger charge is 2.25. The molecule has 0 spiro atoms. The second-order valence-corrected chi connectivity index (χ2v) is 6.76. The number of aliphatic hydroxyl groups excluding tert-OH is 1. The molecule has 2 aromatic heterocycles. The van der Waals surface area contributed by atoms with E-state index in [1.54, 1.807) is 17.7 Å². The zero-order valence-electron chi connectivity index (χ0n) is 13.6. The Kier molecular flexibility index (Phi) is 5.07. The van der Waals surface area contributed by atoms with Gasteiger partial charge in [-0.25, -0.2) is 15.0 Å². The molecule has 1 aliphatic heterocycles. The van der Waals surface area contributed by atoms with Gasteiger partial charge in [0.05, 0.1) is 18.7 Å². The summed E-state index contributed by atoms with van der Waals surface area (Å²) in [5, 5.41) is 16.1. The maximum Gasteiger partial charge on any atom is 0.134 e. The first-order chi connectivity index (χ1) is 11.2. The highest BCUT2D eigenvalue weighted by molar-refractivity contribution is 7.09. The van der Waals surface area contributed by atoms with E-state index in [2.05, 4.69) is 37.5 Å². The molecule has 2 unspecified atom stereocenters. The molecule has 2 aromatic rings. The number of aryl methyl sites for hydroxylation is 1. The maximum atomic E-state index is 9.49. The van der Waals surface area contributed by atoms with E-state index >= 15 is 0 Å². The first-order valence-electron chi connectivity index (χ1n) is 8.09. The van der Waals surface area contributed by atoms with Crippen molar-refractivity contribution < 1.29 is 5.11 Å². The topological polar surface area (TPSA) is 74.2 Å². The molecule has 0 saturated carbocycles. The molecule has 124 valence electrons. The summed E-state index contributed by atoms with van der Waals surface area (Å²) in [5.74, 6) is 1.68. The van der Waals surface area contributed by atoms with Crippen LogP contribution in [0.4, 0.5) is 11.6 Å². The van der Waals surface area contributed by atoms with Gasteiger partial charge in [0.25, 0.3) is 0 Å². The van der Waals surface area contributed by atoms with E-state index in [9.17, 15) is 5.11 Å². The molecule has 1 fully saturated rings. The van der Waals surface area contributed by atoms with Crippen LogP contribution in [-0.4, -0.2) is 39.3 Å². The first-order valence-corrected chi connectivity index (χ1v) is 8.97. The third-order valence-electron chi connectivity index (χ3n) is 4.20. The molecular weight excluding hydrogens is 310 g/mol. The van der Waals surface area contributed by atoms with E-state index in [-0.39, 0.29) is 18.7 Å². The summed E-state index contributed by atoms with van der Waals surface area (Å²) in [7, 11) is 0. The van der Waals surface area contributed by atoms with Gasteiger partial charge in [0.1, 0.15) is 23.0 Å². The Morgan fingerprint density at radius 1 is 1.48 bits per heavy atom. The summed E-state index contributed by atoms with van der Waals surface area (Å²) in [6, 6.07) is 2.29. The highest BCUT2D eigenvalue weighted by Crippen LogP contribution is 2.28. The molecular formula is C16H23N5OS. The largest absolute Gasteiger partial charge is 0.394 e. The molecule has 0 aliphatic carbocycles. The Bertz CT molecular complexity index is 647. The predicted molar refractivity (Wildman–Crippen MR) is 93.0 cm³/mol. The van der Waals surface area contributed by atoms with Gasteiger partial charge >= 0.3 is 0 Å². The average molecular weight is 333 g/mol. The van der Waals surface area contributed by atoms with Crippen molar-refractivity contribution in [2.45, 2.75) is 45.2 Å². The van der Waals surface area contributed by atoms with Gasteiger partial charge in [0, 0.05) is 23.7 Å². The minimum atomic E-state index is 0.156. The lowest BCUT2D eigenvalue weighted by atomic mass is 10.2. The van der Waals surface area contributed by atoms with Crippen molar-refractivity contribution in [1.82, 2.24) is 15.0 Å². The van der Waals surface area contributed by atoms with E-state index in [0.717, 1.165) is 48.1 Å². The van der Waals surface area contributed by atoms with E-state index in [0.29, 0.717) is 0 Å². The highest BCUT2D eigenvalue weighted by atomic mass is 32.1. The molecule has 6 nitrogen and oxygen atoms in total. The lowest BCUT2D eigenvalue weighted by molar-refractivity contribution is 0.266. The van der Waals surface area contributed by atoms with Crippen molar-refractivity contribution in [3.05, 3.63) is 28.5 Å². The molecule has 1 aliphatic rings. The molecule has 0 aromatic carbocycles. The van der Waals surface area contributed by atoms with Crippen LogP contribution >= 0.6 is 11.3 Å². The molecule has 0 bridgehead atoms. The van der Waals surface area contributed by atoms with Crippen LogP contribution in [0.25, 0.3) is 0 Å². The van der Waals surface area contributed by atoms with Crippen LogP contribution in [0.3, 0.4) is 0 Å². The van der Waals surface area contributed by atoms with Gasteiger partial charge in [-0.1, -0.05) is 6.92 Å². The Morgan fingerprint density at radius 2 is 2.35 bits per heavy atom.